The number of nitrogens with one attached hydrogen (secondary N) is 2. The van der Waals surface area contributed by atoms with Gasteiger partial charge in [0, 0.05) is 16.5 Å². The van der Waals surface area contributed by atoms with Gasteiger partial charge in [0.15, 0.2) is 4.34 Å². The molecule has 4 rings (SSSR count). The monoisotopic (exact) mass is 469 g/mol. The van der Waals surface area contributed by atoms with Crippen molar-refractivity contribution in [2.45, 2.75) is 10.8 Å². The van der Waals surface area contributed by atoms with Crippen molar-refractivity contribution in [3.05, 3.63) is 81.9 Å². The minimum absolute atomic E-state index is 0.0227. The number of rotatable bonds is 7. The molecule has 0 bridgehead atoms. The molecule has 0 spiro atoms. The molecule has 2 N–H and O–H groups in total. The van der Waals surface area contributed by atoms with Crippen LogP contribution in [0.3, 0.4) is 0 Å². The lowest BCUT2D eigenvalue weighted by molar-refractivity contribution is -0.116. The van der Waals surface area contributed by atoms with E-state index in [0.29, 0.717) is 26.7 Å². The molecule has 0 unspecified atom stereocenters. The zero-order valence-electron chi connectivity index (χ0n) is 16.5. The SMILES string of the molecule is O=C(CSc1nc(CC(=O)Nc2cc3ccccc3oc2=O)cs1)Nc1ccc(F)cc1. The van der Waals surface area contributed by atoms with Gasteiger partial charge in [0.1, 0.15) is 17.1 Å². The third-order valence-corrected chi connectivity index (χ3v) is 6.31. The van der Waals surface area contributed by atoms with Crippen molar-refractivity contribution in [2.24, 2.45) is 0 Å². The van der Waals surface area contributed by atoms with Gasteiger partial charge in [-0.05, 0) is 36.4 Å². The first-order chi connectivity index (χ1) is 15.5. The van der Waals surface area contributed by atoms with Crippen molar-refractivity contribution in [1.29, 1.82) is 0 Å². The molecule has 162 valence electrons. The fourth-order valence-electron chi connectivity index (χ4n) is 2.80. The molecule has 10 heteroatoms. The molecule has 2 heterocycles. The molecule has 2 amide bonds. The number of carbonyl (C=O) groups is 2. The topological polar surface area (TPSA) is 101 Å². The second-order valence-electron chi connectivity index (χ2n) is 6.66. The minimum Gasteiger partial charge on any atom is -0.421 e. The summed E-state index contributed by atoms with van der Waals surface area (Å²) in [5.74, 6) is -0.907. The fourth-order valence-corrected chi connectivity index (χ4v) is 4.45. The zero-order chi connectivity index (χ0) is 22.5. The van der Waals surface area contributed by atoms with Crippen LogP contribution in [0.5, 0.6) is 0 Å². The Hall–Kier alpha value is -3.50. The molecule has 0 saturated carbocycles. The summed E-state index contributed by atoms with van der Waals surface area (Å²) in [4.78, 5) is 40.8. The number of anilines is 2. The van der Waals surface area contributed by atoms with Crippen LogP contribution >= 0.6 is 23.1 Å². The predicted molar refractivity (Wildman–Crippen MR) is 123 cm³/mol. The highest BCUT2D eigenvalue weighted by Gasteiger charge is 2.13. The average Bonchev–Trinajstić information content (AvgIpc) is 3.21. The highest BCUT2D eigenvalue weighted by molar-refractivity contribution is 8.01. The molecule has 4 aromatic rings. The normalized spacial score (nSPS) is 10.8. The number of hydrogen-bond acceptors (Lipinski definition) is 7. The Kier molecular flexibility index (Phi) is 6.62. The number of aromatic nitrogens is 1. The van der Waals surface area contributed by atoms with Crippen molar-refractivity contribution < 1.29 is 18.4 Å². The van der Waals surface area contributed by atoms with Gasteiger partial charge >= 0.3 is 5.63 Å². The van der Waals surface area contributed by atoms with Gasteiger partial charge in [-0.3, -0.25) is 9.59 Å². The summed E-state index contributed by atoms with van der Waals surface area (Å²) in [5.41, 5.74) is 0.917. The number of hydrogen-bond donors (Lipinski definition) is 2. The van der Waals surface area contributed by atoms with Crippen LogP contribution in [0.1, 0.15) is 5.69 Å². The Morgan fingerprint density at radius 1 is 1.06 bits per heavy atom. The highest BCUT2D eigenvalue weighted by Crippen LogP contribution is 2.23. The highest BCUT2D eigenvalue weighted by atomic mass is 32.2. The van der Waals surface area contributed by atoms with Crippen LogP contribution in [-0.2, 0) is 16.0 Å². The molecular weight excluding hydrogens is 453 g/mol. The molecule has 0 aliphatic rings. The molecule has 0 aliphatic heterocycles. The average molecular weight is 470 g/mol. The number of thioether (sulfide) groups is 1. The zero-order valence-corrected chi connectivity index (χ0v) is 18.1. The molecule has 2 aromatic carbocycles. The van der Waals surface area contributed by atoms with Gasteiger partial charge in [-0.2, -0.15) is 0 Å². The quantitative estimate of drug-likeness (QED) is 0.309. The third-order valence-electron chi connectivity index (χ3n) is 4.24. The lowest BCUT2D eigenvalue weighted by atomic mass is 10.2. The molecule has 0 fully saturated rings. The molecule has 0 radical (unpaired) electrons. The minimum atomic E-state index is -0.626. The van der Waals surface area contributed by atoms with Crippen molar-refractivity contribution in [3.63, 3.8) is 0 Å². The van der Waals surface area contributed by atoms with Gasteiger partial charge in [0.2, 0.25) is 11.8 Å². The fraction of sp³-hybridized carbons (Fsp3) is 0.0909. The van der Waals surface area contributed by atoms with Gasteiger partial charge < -0.3 is 15.1 Å². The van der Waals surface area contributed by atoms with E-state index >= 15 is 0 Å². The van der Waals surface area contributed by atoms with E-state index in [-0.39, 0.29) is 29.6 Å². The standard InChI is InChI=1S/C22H16FN3O4S2/c23-14-5-7-15(8-6-14)24-20(28)12-32-22-25-16(11-31-22)10-19(27)26-17-9-13-3-1-2-4-18(13)30-21(17)29/h1-9,11H,10,12H2,(H,24,28)(H,26,27). The van der Waals surface area contributed by atoms with Crippen LogP contribution in [0.25, 0.3) is 11.0 Å². The maximum Gasteiger partial charge on any atom is 0.360 e. The lowest BCUT2D eigenvalue weighted by Gasteiger charge is -2.04. The maximum atomic E-state index is 12.9. The molecule has 0 saturated heterocycles. The van der Waals surface area contributed by atoms with E-state index < -0.39 is 11.5 Å². The van der Waals surface area contributed by atoms with Crippen LogP contribution in [0.2, 0.25) is 0 Å². The van der Waals surface area contributed by atoms with Crippen molar-refractivity contribution >= 4 is 57.3 Å². The number of amides is 2. The Balaban J connectivity index is 1.30. The van der Waals surface area contributed by atoms with Crippen molar-refractivity contribution in [3.8, 4) is 0 Å². The summed E-state index contributed by atoms with van der Waals surface area (Å²) in [6.07, 6.45) is -0.0227. The summed E-state index contributed by atoms with van der Waals surface area (Å²) in [6.45, 7) is 0. The number of benzene rings is 2. The first kappa shape index (κ1) is 21.7. The second-order valence-corrected chi connectivity index (χ2v) is 8.74. The van der Waals surface area contributed by atoms with Crippen LogP contribution in [0.4, 0.5) is 15.8 Å². The Bertz CT molecular complexity index is 1340. The van der Waals surface area contributed by atoms with Crippen LogP contribution in [0.15, 0.2) is 73.5 Å². The maximum absolute atomic E-state index is 12.9. The summed E-state index contributed by atoms with van der Waals surface area (Å²) in [6, 6.07) is 14.1. The number of fused-ring (bicyclic) bond motifs is 1. The van der Waals surface area contributed by atoms with E-state index in [1.807, 2.05) is 6.07 Å². The largest absolute Gasteiger partial charge is 0.421 e. The molecule has 2 aromatic heterocycles. The van der Waals surface area contributed by atoms with Crippen LogP contribution in [0, 0.1) is 5.82 Å². The smallest absolute Gasteiger partial charge is 0.360 e. The summed E-state index contributed by atoms with van der Waals surface area (Å²) < 4.78 is 18.8. The van der Waals surface area contributed by atoms with Gasteiger partial charge in [-0.25, -0.2) is 14.2 Å². The first-order valence-electron chi connectivity index (χ1n) is 9.41. The Morgan fingerprint density at radius 3 is 2.66 bits per heavy atom. The lowest BCUT2D eigenvalue weighted by Crippen LogP contribution is -2.19. The Labute approximate surface area is 189 Å². The van der Waals surface area contributed by atoms with Gasteiger partial charge in [0.05, 0.1) is 17.9 Å². The van der Waals surface area contributed by atoms with E-state index in [2.05, 4.69) is 15.6 Å². The molecule has 0 atom stereocenters. The number of nitrogens with zero attached hydrogens (tertiary/aromatic N) is 1. The van der Waals surface area contributed by atoms with E-state index in [4.69, 9.17) is 4.42 Å². The van der Waals surface area contributed by atoms with Crippen molar-refractivity contribution in [2.75, 3.05) is 16.4 Å². The molecule has 7 nitrogen and oxygen atoms in total. The molecule has 0 aliphatic carbocycles. The van der Waals surface area contributed by atoms with Gasteiger partial charge in [0.25, 0.3) is 0 Å². The summed E-state index contributed by atoms with van der Waals surface area (Å²) in [7, 11) is 0. The third kappa shape index (κ3) is 5.59. The summed E-state index contributed by atoms with van der Waals surface area (Å²) >= 11 is 2.55. The number of para-hydroxylation sites is 1. The number of halogens is 1. The molecule has 32 heavy (non-hydrogen) atoms. The van der Waals surface area contributed by atoms with E-state index in [1.165, 1.54) is 47.4 Å². The number of thiazole rings is 1. The number of carbonyl (C=O) groups excluding carboxylic acids is 2. The van der Waals surface area contributed by atoms with Crippen LogP contribution < -0.4 is 16.3 Å². The Morgan fingerprint density at radius 2 is 1.84 bits per heavy atom. The van der Waals surface area contributed by atoms with E-state index in [9.17, 15) is 18.8 Å². The van der Waals surface area contributed by atoms with Crippen molar-refractivity contribution in [1.82, 2.24) is 4.98 Å². The van der Waals surface area contributed by atoms with Gasteiger partial charge in [-0.15, -0.1) is 11.3 Å². The predicted octanol–water partition coefficient (Wildman–Crippen LogP) is 4.30. The first-order valence-corrected chi connectivity index (χ1v) is 11.3. The second kappa shape index (κ2) is 9.75. The summed E-state index contributed by atoms with van der Waals surface area (Å²) in [5, 5.41) is 7.66. The van der Waals surface area contributed by atoms with E-state index in [0.717, 1.165) is 0 Å². The molecular formula is C22H16FN3O4S2. The van der Waals surface area contributed by atoms with E-state index in [1.54, 1.807) is 29.6 Å². The van der Waals surface area contributed by atoms with Crippen LogP contribution in [-0.4, -0.2) is 22.6 Å². The van der Waals surface area contributed by atoms with Gasteiger partial charge in [-0.1, -0.05) is 30.0 Å².